The Morgan fingerprint density at radius 3 is 2.20 bits per heavy atom. The molecule has 0 saturated carbocycles. The van der Waals surface area contributed by atoms with Gasteiger partial charge >= 0.3 is 0 Å². The SMILES string of the molecule is Cc1c(N=Nc2ccc(S(=O)(=O)Nc3ncccn3)cc2)c(Nc2ccccc2)nn1-c1ccc([N+](=O)[O-])cc1. The van der Waals surface area contributed by atoms with E-state index in [1.54, 1.807) is 29.8 Å². The first kappa shape index (κ1) is 26.1. The molecule has 0 aliphatic rings. The number of aromatic nitrogens is 4. The minimum Gasteiger partial charge on any atom is -0.337 e. The first-order chi connectivity index (χ1) is 19.3. The molecule has 0 amide bonds. The molecule has 40 heavy (non-hydrogen) atoms. The van der Waals surface area contributed by atoms with Gasteiger partial charge in [0.2, 0.25) is 5.95 Å². The maximum Gasteiger partial charge on any atom is 0.269 e. The predicted octanol–water partition coefficient (Wildman–Crippen LogP) is 5.84. The average Bonchev–Trinajstić information content (AvgIpc) is 3.27. The summed E-state index contributed by atoms with van der Waals surface area (Å²) in [6.07, 6.45) is 2.86. The van der Waals surface area contributed by atoms with Gasteiger partial charge in [-0.25, -0.2) is 27.8 Å². The highest BCUT2D eigenvalue weighted by Gasteiger charge is 2.18. The molecule has 0 atom stereocenters. The summed E-state index contributed by atoms with van der Waals surface area (Å²) in [7, 11) is -3.89. The van der Waals surface area contributed by atoms with Crippen molar-refractivity contribution >= 4 is 44.5 Å². The lowest BCUT2D eigenvalue weighted by Crippen LogP contribution is -2.14. The number of nitrogens with one attached hydrogen (secondary N) is 2. The molecule has 2 heterocycles. The Balaban J connectivity index is 1.44. The van der Waals surface area contributed by atoms with Crippen LogP contribution in [0.15, 0.2) is 112 Å². The number of benzene rings is 3. The number of azo groups is 1. The molecule has 200 valence electrons. The van der Waals surface area contributed by atoms with Crippen LogP contribution in [-0.2, 0) is 10.0 Å². The molecule has 0 fully saturated rings. The summed E-state index contributed by atoms with van der Waals surface area (Å²) in [6.45, 7) is 1.80. The first-order valence-corrected chi connectivity index (χ1v) is 13.3. The summed E-state index contributed by atoms with van der Waals surface area (Å²) >= 11 is 0. The lowest BCUT2D eigenvalue weighted by Gasteiger charge is -2.06. The van der Waals surface area contributed by atoms with E-state index >= 15 is 0 Å². The number of nitro groups is 1. The third-order valence-electron chi connectivity index (χ3n) is 5.63. The molecule has 14 heteroatoms. The van der Waals surface area contributed by atoms with Gasteiger partial charge in [0.25, 0.3) is 15.7 Å². The zero-order chi connectivity index (χ0) is 28.1. The minimum atomic E-state index is -3.89. The summed E-state index contributed by atoms with van der Waals surface area (Å²) in [4.78, 5) is 18.3. The van der Waals surface area contributed by atoms with Crippen LogP contribution in [0, 0.1) is 17.0 Å². The zero-order valence-corrected chi connectivity index (χ0v) is 21.7. The van der Waals surface area contributed by atoms with Crippen molar-refractivity contribution in [1.82, 2.24) is 19.7 Å². The van der Waals surface area contributed by atoms with Crippen molar-refractivity contribution in [1.29, 1.82) is 0 Å². The van der Waals surface area contributed by atoms with E-state index in [9.17, 15) is 18.5 Å². The van der Waals surface area contributed by atoms with Gasteiger partial charge in [0.15, 0.2) is 11.5 Å². The molecule has 0 unspecified atom stereocenters. The van der Waals surface area contributed by atoms with Crippen LogP contribution in [0.5, 0.6) is 0 Å². The highest BCUT2D eigenvalue weighted by atomic mass is 32.2. The number of rotatable bonds is 9. The van der Waals surface area contributed by atoms with Crippen molar-refractivity contribution in [3.05, 3.63) is 113 Å². The van der Waals surface area contributed by atoms with E-state index in [0.29, 0.717) is 28.6 Å². The number of hydrogen-bond acceptors (Lipinski definition) is 10. The van der Waals surface area contributed by atoms with E-state index in [1.807, 2.05) is 30.3 Å². The number of nitrogens with zero attached hydrogens (tertiary/aromatic N) is 7. The van der Waals surface area contributed by atoms with Crippen LogP contribution in [0.4, 0.5) is 34.5 Å². The van der Waals surface area contributed by atoms with Gasteiger partial charge in [-0.15, -0.1) is 10.2 Å². The van der Waals surface area contributed by atoms with E-state index in [1.165, 1.54) is 48.8 Å². The van der Waals surface area contributed by atoms with Crippen LogP contribution < -0.4 is 10.0 Å². The monoisotopic (exact) mass is 555 g/mol. The molecule has 0 saturated heterocycles. The van der Waals surface area contributed by atoms with Crippen molar-refractivity contribution in [2.45, 2.75) is 11.8 Å². The van der Waals surface area contributed by atoms with Crippen LogP contribution in [0.1, 0.15) is 5.69 Å². The fourth-order valence-electron chi connectivity index (χ4n) is 3.65. The Morgan fingerprint density at radius 2 is 1.55 bits per heavy atom. The Bertz CT molecular complexity index is 1770. The summed E-state index contributed by atoms with van der Waals surface area (Å²) in [5.74, 6) is 0.377. The van der Waals surface area contributed by atoms with Crippen LogP contribution in [-0.4, -0.2) is 33.1 Å². The first-order valence-electron chi connectivity index (χ1n) is 11.8. The maximum atomic E-state index is 12.6. The number of non-ortho nitro benzene ring substituents is 1. The number of hydrogen-bond donors (Lipinski definition) is 2. The van der Waals surface area contributed by atoms with Gasteiger partial charge in [-0.2, -0.15) is 5.11 Å². The molecular weight excluding hydrogens is 534 g/mol. The molecule has 0 aliphatic heterocycles. The van der Waals surface area contributed by atoms with Gasteiger partial charge in [-0.05, 0) is 61.5 Å². The average molecular weight is 556 g/mol. The van der Waals surface area contributed by atoms with E-state index in [-0.39, 0.29) is 16.5 Å². The van der Waals surface area contributed by atoms with Crippen LogP contribution in [0.2, 0.25) is 0 Å². The second kappa shape index (κ2) is 11.1. The van der Waals surface area contributed by atoms with E-state index in [4.69, 9.17) is 0 Å². The standard InChI is InChI=1S/C26H21N9O4S/c1-18-24(31-30-20-8-14-23(15-9-20)40(38,39)33-26-27-16-5-17-28-26)25(29-19-6-3-2-4-7-19)32-34(18)21-10-12-22(13-11-21)35(36)37/h2-17H,1H3,(H,29,32)(H,27,28,33). The summed E-state index contributed by atoms with van der Waals surface area (Å²) in [6, 6.07) is 22.8. The van der Waals surface area contributed by atoms with Crippen LogP contribution in [0.3, 0.4) is 0 Å². The fraction of sp³-hybridized carbons (Fsp3) is 0.0385. The Kier molecular flexibility index (Phi) is 7.24. The quantitative estimate of drug-likeness (QED) is 0.130. The molecule has 0 bridgehead atoms. The van der Waals surface area contributed by atoms with Gasteiger partial charge < -0.3 is 5.32 Å². The molecule has 5 rings (SSSR count). The number of sulfonamides is 1. The molecule has 2 N–H and O–H groups in total. The molecule has 0 radical (unpaired) electrons. The zero-order valence-electron chi connectivity index (χ0n) is 20.9. The molecule has 0 spiro atoms. The fourth-order valence-corrected chi connectivity index (χ4v) is 4.61. The van der Waals surface area contributed by atoms with Crippen molar-refractivity contribution in [3.63, 3.8) is 0 Å². The smallest absolute Gasteiger partial charge is 0.269 e. The number of nitro benzene ring substituents is 1. The summed E-state index contributed by atoms with van der Waals surface area (Å²) in [5.41, 5.74) is 2.81. The minimum absolute atomic E-state index is 0.00695. The Morgan fingerprint density at radius 1 is 0.875 bits per heavy atom. The molecule has 5 aromatic rings. The maximum absolute atomic E-state index is 12.6. The number of anilines is 3. The molecule has 2 aromatic heterocycles. The molecular formula is C26H21N9O4S. The molecule has 3 aromatic carbocycles. The highest BCUT2D eigenvalue weighted by molar-refractivity contribution is 7.92. The van der Waals surface area contributed by atoms with E-state index in [2.05, 4.69) is 35.3 Å². The number of para-hydroxylation sites is 1. The largest absolute Gasteiger partial charge is 0.337 e. The van der Waals surface area contributed by atoms with Crippen molar-refractivity contribution < 1.29 is 13.3 Å². The highest BCUT2D eigenvalue weighted by Crippen LogP contribution is 2.34. The summed E-state index contributed by atoms with van der Waals surface area (Å²) < 4.78 is 29.2. The van der Waals surface area contributed by atoms with Gasteiger partial charge in [0, 0.05) is 30.2 Å². The lowest BCUT2D eigenvalue weighted by molar-refractivity contribution is -0.384. The van der Waals surface area contributed by atoms with Gasteiger partial charge in [-0.1, -0.05) is 18.2 Å². The van der Waals surface area contributed by atoms with Crippen molar-refractivity contribution in [2.75, 3.05) is 10.0 Å². The summed E-state index contributed by atoms with van der Waals surface area (Å²) in [5, 5.41) is 27.6. The third-order valence-corrected chi connectivity index (χ3v) is 6.97. The van der Waals surface area contributed by atoms with Crippen molar-refractivity contribution in [2.24, 2.45) is 10.2 Å². The topological polar surface area (TPSA) is 170 Å². The normalized spacial score (nSPS) is 11.4. The third kappa shape index (κ3) is 5.81. The Labute approximate surface area is 228 Å². The Hall–Kier alpha value is -5.50. The second-order valence-electron chi connectivity index (χ2n) is 8.33. The molecule has 0 aliphatic carbocycles. The van der Waals surface area contributed by atoms with Gasteiger partial charge in [0.1, 0.15) is 0 Å². The molecule has 13 nitrogen and oxygen atoms in total. The predicted molar refractivity (Wildman–Crippen MR) is 148 cm³/mol. The second-order valence-corrected chi connectivity index (χ2v) is 10.0. The van der Waals surface area contributed by atoms with Crippen molar-refractivity contribution in [3.8, 4) is 5.69 Å². The van der Waals surface area contributed by atoms with E-state index < -0.39 is 14.9 Å². The van der Waals surface area contributed by atoms with E-state index in [0.717, 1.165) is 5.69 Å². The van der Waals surface area contributed by atoms with Gasteiger partial charge in [0.05, 0.1) is 26.9 Å². The lowest BCUT2D eigenvalue weighted by atomic mass is 10.2. The van der Waals surface area contributed by atoms with Crippen LogP contribution in [0.25, 0.3) is 5.69 Å². The van der Waals surface area contributed by atoms with Crippen LogP contribution >= 0.6 is 0 Å². The van der Waals surface area contributed by atoms with Gasteiger partial charge in [-0.3, -0.25) is 10.1 Å².